The zero-order chi connectivity index (χ0) is 19.9. The Morgan fingerprint density at radius 1 is 0.759 bits per heavy atom. The molecular weight excluding hydrogens is 356 g/mol. The van der Waals surface area contributed by atoms with Gasteiger partial charge in [0.1, 0.15) is 5.75 Å². The van der Waals surface area contributed by atoms with Gasteiger partial charge in [-0.25, -0.2) is 0 Å². The SMILES string of the molecule is Oc1ccccc1CC(c1ccccc1)N1CCN(C2CCCCCCC2)CC1. The maximum atomic E-state index is 10.3. The molecule has 1 N–H and O–H groups in total. The van der Waals surface area contributed by atoms with Crippen molar-refractivity contribution in [1.29, 1.82) is 0 Å². The highest BCUT2D eigenvalue weighted by atomic mass is 16.3. The van der Waals surface area contributed by atoms with E-state index >= 15 is 0 Å². The highest BCUT2D eigenvalue weighted by Crippen LogP contribution is 2.30. The van der Waals surface area contributed by atoms with E-state index < -0.39 is 0 Å². The molecule has 0 bridgehead atoms. The van der Waals surface area contributed by atoms with Gasteiger partial charge in [0.2, 0.25) is 0 Å². The van der Waals surface area contributed by atoms with Crippen molar-refractivity contribution < 1.29 is 5.11 Å². The lowest BCUT2D eigenvalue weighted by Gasteiger charge is -2.43. The van der Waals surface area contributed by atoms with E-state index in [1.807, 2.05) is 18.2 Å². The fourth-order valence-corrected chi connectivity index (χ4v) is 5.24. The van der Waals surface area contributed by atoms with E-state index in [1.54, 1.807) is 0 Å². The average molecular weight is 393 g/mol. The van der Waals surface area contributed by atoms with Crippen LogP contribution in [-0.2, 0) is 6.42 Å². The number of piperazine rings is 1. The molecule has 2 fully saturated rings. The van der Waals surface area contributed by atoms with Gasteiger partial charge in [0, 0.05) is 38.3 Å². The van der Waals surface area contributed by atoms with Gasteiger partial charge >= 0.3 is 0 Å². The van der Waals surface area contributed by atoms with E-state index in [0.717, 1.165) is 31.1 Å². The summed E-state index contributed by atoms with van der Waals surface area (Å²) in [6.45, 7) is 4.58. The Balaban J connectivity index is 1.44. The lowest BCUT2D eigenvalue weighted by atomic mass is 9.94. The van der Waals surface area contributed by atoms with Crippen LogP contribution in [0, 0.1) is 0 Å². The first kappa shape index (κ1) is 20.4. The summed E-state index contributed by atoms with van der Waals surface area (Å²) in [4.78, 5) is 5.41. The first-order valence-corrected chi connectivity index (χ1v) is 11.6. The van der Waals surface area contributed by atoms with Crippen LogP contribution in [0.4, 0.5) is 0 Å². The predicted molar refractivity (Wildman–Crippen MR) is 120 cm³/mol. The van der Waals surface area contributed by atoms with Crippen LogP contribution in [0.3, 0.4) is 0 Å². The smallest absolute Gasteiger partial charge is 0.118 e. The summed E-state index contributed by atoms with van der Waals surface area (Å²) in [6, 6.07) is 19.8. The van der Waals surface area contributed by atoms with Crippen molar-refractivity contribution in [3.05, 3.63) is 65.7 Å². The largest absolute Gasteiger partial charge is 0.508 e. The van der Waals surface area contributed by atoms with E-state index in [2.05, 4.69) is 46.2 Å². The van der Waals surface area contributed by atoms with E-state index in [-0.39, 0.29) is 0 Å². The molecule has 2 aliphatic rings. The van der Waals surface area contributed by atoms with Crippen LogP contribution in [-0.4, -0.2) is 47.1 Å². The van der Waals surface area contributed by atoms with Crippen molar-refractivity contribution in [2.24, 2.45) is 0 Å². The van der Waals surface area contributed by atoms with Gasteiger partial charge in [0.25, 0.3) is 0 Å². The lowest BCUT2D eigenvalue weighted by Crippen LogP contribution is -2.51. The molecule has 1 aliphatic carbocycles. The molecule has 0 amide bonds. The first-order valence-electron chi connectivity index (χ1n) is 11.6. The molecule has 1 saturated heterocycles. The minimum Gasteiger partial charge on any atom is -0.508 e. The van der Waals surface area contributed by atoms with E-state index in [0.29, 0.717) is 11.8 Å². The molecule has 1 atom stereocenters. The summed E-state index contributed by atoms with van der Waals surface area (Å²) in [5, 5.41) is 10.3. The molecule has 4 rings (SSSR count). The summed E-state index contributed by atoms with van der Waals surface area (Å²) in [5.74, 6) is 0.418. The van der Waals surface area contributed by atoms with Crippen LogP contribution >= 0.6 is 0 Å². The monoisotopic (exact) mass is 392 g/mol. The van der Waals surface area contributed by atoms with Gasteiger partial charge in [-0.3, -0.25) is 9.80 Å². The Kier molecular flexibility index (Phi) is 7.23. The fraction of sp³-hybridized carbons (Fsp3) is 0.538. The molecule has 1 aliphatic heterocycles. The molecule has 1 unspecified atom stereocenters. The Hall–Kier alpha value is -1.84. The molecule has 0 radical (unpaired) electrons. The van der Waals surface area contributed by atoms with Crippen molar-refractivity contribution in [3.8, 4) is 5.75 Å². The highest BCUT2D eigenvalue weighted by Gasteiger charge is 2.29. The Morgan fingerprint density at radius 3 is 2.07 bits per heavy atom. The molecular formula is C26H36N2O. The molecule has 2 aromatic carbocycles. The standard InChI is InChI=1S/C26H36N2O/c29-26-16-10-9-13-23(26)21-25(22-11-5-4-6-12-22)28-19-17-27(18-20-28)24-14-7-2-1-3-8-15-24/h4-6,9-13,16,24-25,29H,1-3,7-8,14-15,17-21H2. The number of nitrogens with zero attached hydrogens (tertiary/aromatic N) is 2. The van der Waals surface area contributed by atoms with Crippen molar-refractivity contribution in [3.63, 3.8) is 0 Å². The van der Waals surface area contributed by atoms with Crippen LogP contribution < -0.4 is 0 Å². The number of rotatable bonds is 5. The second-order valence-electron chi connectivity index (χ2n) is 8.83. The number of hydrogen-bond acceptors (Lipinski definition) is 3. The quantitative estimate of drug-likeness (QED) is 0.737. The van der Waals surface area contributed by atoms with Crippen LogP contribution in [0.15, 0.2) is 54.6 Å². The third-order valence-electron chi connectivity index (χ3n) is 6.97. The van der Waals surface area contributed by atoms with E-state index in [4.69, 9.17) is 0 Å². The number of para-hydroxylation sites is 1. The number of benzene rings is 2. The topological polar surface area (TPSA) is 26.7 Å². The number of hydrogen-bond donors (Lipinski definition) is 1. The zero-order valence-corrected chi connectivity index (χ0v) is 17.7. The van der Waals surface area contributed by atoms with Gasteiger partial charge in [-0.05, 0) is 36.5 Å². The van der Waals surface area contributed by atoms with Gasteiger partial charge < -0.3 is 5.11 Å². The molecule has 0 spiro atoms. The summed E-state index contributed by atoms with van der Waals surface area (Å²) >= 11 is 0. The maximum absolute atomic E-state index is 10.3. The summed E-state index contributed by atoms with van der Waals surface area (Å²) in [5.41, 5.74) is 2.40. The molecule has 3 nitrogen and oxygen atoms in total. The Labute approximate surface area is 176 Å². The number of phenols is 1. The van der Waals surface area contributed by atoms with Gasteiger partial charge in [-0.1, -0.05) is 80.6 Å². The predicted octanol–water partition coefficient (Wildman–Crippen LogP) is 5.41. The maximum Gasteiger partial charge on any atom is 0.118 e. The molecule has 1 heterocycles. The van der Waals surface area contributed by atoms with Crippen LogP contribution in [0.5, 0.6) is 5.75 Å². The zero-order valence-electron chi connectivity index (χ0n) is 17.7. The van der Waals surface area contributed by atoms with Crippen molar-refractivity contribution in [2.45, 2.75) is 63.5 Å². The molecule has 2 aromatic rings. The van der Waals surface area contributed by atoms with Crippen LogP contribution in [0.1, 0.15) is 62.1 Å². The first-order chi connectivity index (χ1) is 14.3. The molecule has 1 saturated carbocycles. The van der Waals surface area contributed by atoms with Gasteiger partial charge in [0.05, 0.1) is 0 Å². The summed E-state index contributed by atoms with van der Waals surface area (Å²) in [7, 11) is 0. The second kappa shape index (κ2) is 10.3. The van der Waals surface area contributed by atoms with Crippen molar-refractivity contribution in [2.75, 3.05) is 26.2 Å². The Bertz CT molecular complexity index is 731. The van der Waals surface area contributed by atoms with Gasteiger partial charge in [0.15, 0.2) is 0 Å². The summed E-state index contributed by atoms with van der Waals surface area (Å²) in [6.07, 6.45) is 10.7. The van der Waals surface area contributed by atoms with Crippen molar-refractivity contribution >= 4 is 0 Å². The van der Waals surface area contributed by atoms with Gasteiger partial charge in [-0.15, -0.1) is 0 Å². The summed E-state index contributed by atoms with van der Waals surface area (Å²) < 4.78 is 0. The normalized spacial score (nSPS) is 21.4. The lowest BCUT2D eigenvalue weighted by molar-refractivity contribution is 0.0593. The highest BCUT2D eigenvalue weighted by molar-refractivity contribution is 5.34. The Morgan fingerprint density at radius 2 is 1.38 bits per heavy atom. The van der Waals surface area contributed by atoms with Crippen LogP contribution in [0.2, 0.25) is 0 Å². The minimum atomic E-state index is 0.323. The van der Waals surface area contributed by atoms with Crippen LogP contribution in [0.25, 0.3) is 0 Å². The molecule has 29 heavy (non-hydrogen) atoms. The van der Waals surface area contributed by atoms with E-state index in [9.17, 15) is 5.11 Å². The van der Waals surface area contributed by atoms with E-state index in [1.165, 1.54) is 63.6 Å². The van der Waals surface area contributed by atoms with Gasteiger partial charge in [-0.2, -0.15) is 0 Å². The molecule has 3 heteroatoms. The second-order valence-corrected chi connectivity index (χ2v) is 8.83. The number of aromatic hydroxyl groups is 1. The average Bonchev–Trinajstić information content (AvgIpc) is 2.74. The molecule has 156 valence electrons. The van der Waals surface area contributed by atoms with Crippen molar-refractivity contribution in [1.82, 2.24) is 9.80 Å². The molecule has 0 aromatic heterocycles. The minimum absolute atomic E-state index is 0.323. The number of phenolic OH excluding ortho intramolecular Hbond substituents is 1. The third-order valence-corrected chi connectivity index (χ3v) is 6.97. The third kappa shape index (κ3) is 5.40. The fourth-order valence-electron chi connectivity index (χ4n) is 5.24.